The highest BCUT2D eigenvalue weighted by atomic mass is 35.5. The Balaban J connectivity index is 1.92. The van der Waals surface area contributed by atoms with E-state index in [-0.39, 0.29) is 18.4 Å². The van der Waals surface area contributed by atoms with Gasteiger partial charge in [0.25, 0.3) is 5.91 Å². The summed E-state index contributed by atoms with van der Waals surface area (Å²) in [7, 11) is 1.52. The molecule has 2 amide bonds. The van der Waals surface area contributed by atoms with Gasteiger partial charge >= 0.3 is 0 Å². The van der Waals surface area contributed by atoms with Crippen molar-refractivity contribution in [2.24, 2.45) is 0 Å². The number of carbonyl (C=O) groups excluding carboxylic acids is 2. The Labute approximate surface area is 119 Å². The second-order valence-electron chi connectivity index (χ2n) is 4.26. The highest BCUT2D eigenvalue weighted by molar-refractivity contribution is 6.31. The number of aromatic amines is 1. The van der Waals surface area contributed by atoms with Crippen molar-refractivity contribution in [2.75, 3.05) is 18.9 Å². The van der Waals surface area contributed by atoms with E-state index in [1.54, 1.807) is 13.0 Å². The van der Waals surface area contributed by atoms with E-state index >= 15 is 0 Å². The molecule has 0 aliphatic heterocycles. The zero-order valence-corrected chi connectivity index (χ0v) is 11.7. The molecule has 8 heteroatoms. The number of aromatic nitrogens is 2. The smallest absolute Gasteiger partial charge is 0.270 e. The molecule has 7 nitrogen and oxygen atoms in total. The van der Waals surface area contributed by atoms with Gasteiger partial charge in [-0.1, -0.05) is 16.8 Å². The Bertz CT molecular complexity index is 634. The summed E-state index contributed by atoms with van der Waals surface area (Å²) in [5, 5.41) is 6.60. The summed E-state index contributed by atoms with van der Waals surface area (Å²) >= 11 is 5.72. The molecule has 2 rings (SSSR count). The van der Waals surface area contributed by atoms with Gasteiger partial charge in [-0.15, -0.1) is 0 Å². The van der Waals surface area contributed by atoms with Crippen LogP contribution in [0.2, 0.25) is 5.02 Å². The zero-order valence-electron chi connectivity index (χ0n) is 10.9. The van der Waals surface area contributed by atoms with Gasteiger partial charge in [-0.05, 0) is 13.0 Å². The molecule has 0 unspecified atom stereocenters. The lowest BCUT2D eigenvalue weighted by atomic mass is 10.3. The van der Waals surface area contributed by atoms with Crippen LogP contribution >= 0.6 is 11.6 Å². The number of amides is 2. The Morgan fingerprint density at radius 3 is 2.80 bits per heavy atom. The minimum absolute atomic E-state index is 0.110. The van der Waals surface area contributed by atoms with Gasteiger partial charge in [0.15, 0.2) is 5.82 Å². The van der Waals surface area contributed by atoms with Crippen LogP contribution in [-0.2, 0) is 4.79 Å². The first-order valence-electron chi connectivity index (χ1n) is 5.78. The molecule has 20 heavy (non-hydrogen) atoms. The number of carbonyl (C=O) groups is 2. The van der Waals surface area contributed by atoms with Crippen molar-refractivity contribution in [3.05, 3.63) is 34.8 Å². The van der Waals surface area contributed by atoms with Gasteiger partial charge in [0.1, 0.15) is 11.5 Å². The van der Waals surface area contributed by atoms with Crippen molar-refractivity contribution < 1.29 is 14.1 Å². The SMILES string of the molecule is Cc1cc(NC(=O)CN(C)C(=O)c2cc(Cl)c[nH]2)no1. The van der Waals surface area contributed by atoms with Crippen LogP contribution in [0.3, 0.4) is 0 Å². The van der Waals surface area contributed by atoms with Crippen LogP contribution in [0.15, 0.2) is 22.9 Å². The fourth-order valence-corrected chi connectivity index (χ4v) is 1.76. The van der Waals surface area contributed by atoms with Crippen molar-refractivity contribution in [3.8, 4) is 0 Å². The molecule has 0 bridgehead atoms. The maximum atomic E-state index is 12.0. The molecule has 0 spiro atoms. The number of likely N-dealkylation sites (N-methyl/N-ethyl adjacent to an activating group) is 1. The van der Waals surface area contributed by atoms with E-state index < -0.39 is 0 Å². The van der Waals surface area contributed by atoms with Gasteiger partial charge in [-0.25, -0.2) is 0 Å². The largest absolute Gasteiger partial charge is 0.360 e. The predicted molar refractivity (Wildman–Crippen MR) is 72.6 cm³/mol. The molecule has 106 valence electrons. The zero-order chi connectivity index (χ0) is 14.7. The third-order valence-electron chi connectivity index (χ3n) is 2.50. The summed E-state index contributed by atoms with van der Waals surface area (Å²) in [4.78, 5) is 27.7. The standard InChI is InChI=1S/C12H13ClN4O3/c1-7-3-10(16-20-7)15-11(18)6-17(2)12(19)9-4-8(13)5-14-9/h3-5,14H,6H2,1-2H3,(H,15,16,18). The number of anilines is 1. The molecule has 0 saturated heterocycles. The van der Waals surface area contributed by atoms with Gasteiger partial charge in [-0.2, -0.15) is 0 Å². The van der Waals surface area contributed by atoms with Crippen LogP contribution in [0.25, 0.3) is 0 Å². The summed E-state index contributed by atoms with van der Waals surface area (Å²) in [5.74, 6) is 0.206. The molecule has 0 radical (unpaired) electrons. The fraction of sp³-hybridized carbons (Fsp3) is 0.250. The molecule has 0 aliphatic carbocycles. The maximum Gasteiger partial charge on any atom is 0.270 e. The lowest BCUT2D eigenvalue weighted by Gasteiger charge is -2.15. The number of nitrogens with one attached hydrogen (secondary N) is 2. The molecular weight excluding hydrogens is 284 g/mol. The molecule has 2 aromatic rings. The number of rotatable bonds is 4. The third-order valence-corrected chi connectivity index (χ3v) is 2.72. The van der Waals surface area contributed by atoms with E-state index in [9.17, 15) is 9.59 Å². The quantitative estimate of drug-likeness (QED) is 0.898. The van der Waals surface area contributed by atoms with E-state index in [1.807, 2.05) is 0 Å². The summed E-state index contributed by atoms with van der Waals surface area (Å²) < 4.78 is 4.82. The normalized spacial score (nSPS) is 10.3. The number of nitrogens with zero attached hydrogens (tertiary/aromatic N) is 2. The molecule has 0 aromatic carbocycles. The molecule has 0 saturated carbocycles. The molecular formula is C12H13ClN4O3. The van der Waals surface area contributed by atoms with Crippen LogP contribution < -0.4 is 5.32 Å². The molecule has 2 aromatic heterocycles. The van der Waals surface area contributed by atoms with E-state index in [2.05, 4.69) is 15.5 Å². The Morgan fingerprint density at radius 1 is 1.50 bits per heavy atom. The van der Waals surface area contributed by atoms with Gasteiger partial charge in [0.2, 0.25) is 5.91 Å². The minimum Gasteiger partial charge on any atom is -0.360 e. The Hall–Kier alpha value is -2.28. The number of hydrogen-bond acceptors (Lipinski definition) is 4. The van der Waals surface area contributed by atoms with E-state index in [1.165, 1.54) is 24.2 Å². The molecule has 0 aliphatic rings. The van der Waals surface area contributed by atoms with Crippen LogP contribution in [0.5, 0.6) is 0 Å². The van der Waals surface area contributed by atoms with E-state index in [0.717, 1.165) is 0 Å². The summed E-state index contributed by atoms with van der Waals surface area (Å²) in [6.45, 7) is 1.61. The van der Waals surface area contributed by atoms with Gasteiger partial charge < -0.3 is 19.7 Å². The number of halogens is 1. The van der Waals surface area contributed by atoms with Crippen molar-refractivity contribution in [3.63, 3.8) is 0 Å². The molecule has 0 atom stereocenters. The Kier molecular flexibility index (Phi) is 4.09. The van der Waals surface area contributed by atoms with Gasteiger partial charge in [0, 0.05) is 19.3 Å². The third kappa shape index (κ3) is 3.39. The molecule has 2 heterocycles. The number of aryl methyl sites for hydroxylation is 1. The average molecular weight is 297 g/mol. The topological polar surface area (TPSA) is 91.2 Å². The predicted octanol–water partition coefficient (Wildman–Crippen LogP) is 1.68. The molecule has 2 N–H and O–H groups in total. The summed E-state index contributed by atoms with van der Waals surface area (Å²) in [5.41, 5.74) is 0.322. The van der Waals surface area contributed by atoms with Crippen LogP contribution in [-0.4, -0.2) is 40.4 Å². The van der Waals surface area contributed by atoms with Crippen molar-refractivity contribution in [2.45, 2.75) is 6.92 Å². The van der Waals surface area contributed by atoms with E-state index in [0.29, 0.717) is 22.3 Å². The Morgan fingerprint density at radius 2 is 2.25 bits per heavy atom. The number of hydrogen-bond donors (Lipinski definition) is 2. The highest BCUT2D eigenvalue weighted by Crippen LogP contribution is 2.11. The monoisotopic (exact) mass is 296 g/mol. The lowest BCUT2D eigenvalue weighted by Crippen LogP contribution is -2.35. The van der Waals surface area contributed by atoms with Crippen molar-refractivity contribution >= 4 is 29.2 Å². The second-order valence-corrected chi connectivity index (χ2v) is 4.70. The maximum absolute atomic E-state index is 12.0. The van der Waals surface area contributed by atoms with Crippen molar-refractivity contribution in [1.82, 2.24) is 15.0 Å². The van der Waals surface area contributed by atoms with Gasteiger partial charge in [-0.3, -0.25) is 9.59 Å². The number of H-pyrrole nitrogens is 1. The first-order valence-corrected chi connectivity index (χ1v) is 6.16. The van der Waals surface area contributed by atoms with Crippen LogP contribution in [0.1, 0.15) is 16.2 Å². The highest BCUT2D eigenvalue weighted by Gasteiger charge is 2.17. The lowest BCUT2D eigenvalue weighted by molar-refractivity contribution is -0.116. The molecule has 0 fully saturated rings. The van der Waals surface area contributed by atoms with Crippen LogP contribution in [0, 0.1) is 6.92 Å². The fourth-order valence-electron chi connectivity index (χ4n) is 1.59. The van der Waals surface area contributed by atoms with Gasteiger partial charge in [0.05, 0.1) is 11.6 Å². The average Bonchev–Trinajstić information content (AvgIpc) is 2.97. The van der Waals surface area contributed by atoms with Crippen molar-refractivity contribution in [1.29, 1.82) is 0 Å². The minimum atomic E-state index is -0.369. The second kappa shape index (κ2) is 5.79. The summed E-state index contributed by atoms with van der Waals surface area (Å²) in [6.07, 6.45) is 1.50. The van der Waals surface area contributed by atoms with Crippen LogP contribution in [0.4, 0.5) is 5.82 Å². The first kappa shape index (κ1) is 14.1. The first-order chi connectivity index (χ1) is 9.45. The summed E-state index contributed by atoms with van der Waals surface area (Å²) in [6, 6.07) is 3.09. The van der Waals surface area contributed by atoms with E-state index in [4.69, 9.17) is 16.1 Å².